The molecule has 1 fully saturated rings. The number of aryl methyl sites for hydroxylation is 2. The van der Waals surface area contributed by atoms with Gasteiger partial charge in [0, 0.05) is 32.7 Å². The highest BCUT2D eigenvalue weighted by Gasteiger charge is 2.21. The van der Waals surface area contributed by atoms with Crippen molar-refractivity contribution in [2.24, 2.45) is 0 Å². The van der Waals surface area contributed by atoms with Crippen LogP contribution in [0.25, 0.3) is 11.5 Å². The lowest BCUT2D eigenvalue weighted by Crippen LogP contribution is -2.45. The van der Waals surface area contributed by atoms with Crippen LogP contribution in [0.4, 0.5) is 4.39 Å². The summed E-state index contributed by atoms with van der Waals surface area (Å²) in [7, 11) is 1.47. The molecule has 4 rings (SSSR count). The van der Waals surface area contributed by atoms with Crippen LogP contribution < -0.4 is 4.74 Å². The van der Waals surface area contributed by atoms with Crippen LogP contribution in [-0.4, -0.2) is 53.3 Å². The van der Waals surface area contributed by atoms with Crippen molar-refractivity contribution >= 4 is 0 Å². The van der Waals surface area contributed by atoms with E-state index in [1.807, 2.05) is 26.0 Å². The lowest BCUT2D eigenvalue weighted by Gasteiger charge is -2.33. The highest BCUT2D eigenvalue weighted by atomic mass is 19.1. The van der Waals surface area contributed by atoms with Crippen LogP contribution in [0.2, 0.25) is 0 Å². The standard InChI is InChI=1S/C21H25FN4O3/c1-14-10-17(15(2)28-14)21-24-23-20(29-21)13-26-8-6-25(7-9-26)12-16-4-5-19(27-3)18(22)11-16/h4-5,10-11H,6-9,12-13H2,1-3H3. The second kappa shape index (κ2) is 8.34. The van der Waals surface area contributed by atoms with Crippen LogP contribution in [0.5, 0.6) is 5.75 Å². The number of benzene rings is 1. The highest BCUT2D eigenvalue weighted by molar-refractivity contribution is 5.55. The van der Waals surface area contributed by atoms with Crippen LogP contribution in [0.1, 0.15) is 23.0 Å². The molecule has 0 amide bonds. The normalized spacial score (nSPS) is 15.7. The Morgan fingerprint density at radius 2 is 1.72 bits per heavy atom. The first kappa shape index (κ1) is 19.6. The summed E-state index contributed by atoms with van der Waals surface area (Å²) in [6, 6.07) is 7.04. The Labute approximate surface area is 169 Å². The average molecular weight is 400 g/mol. The molecule has 0 aliphatic carbocycles. The van der Waals surface area contributed by atoms with E-state index in [4.69, 9.17) is 13.6 Å². The lowest BCUT2D eigenvalue weighted by atomic mass is 10.2. The predicted molar refractivity (Wildman–Crippen MR) is 105 cm³/mol. The minimum Gasteiger partial charge on any atom is -0.494 e. The van der Waals surface area contributed by atoms with Gasteiger partial charge in [0.05, 0.1) is 19.2 Å². The van der Waals surface area contributed by atoms with Crippen molar-refractivity contribution in [3.63, 3.8) is 0 Å². The predicted octanol–water partition coefficient (Wildman–Crippen LogP) is 3.41. The van der Waals surface area contributed by atoms with Crippen molar-refractivity contribution in [1.82, 2.24) is 20.0 Å². The lowest BCUT2D eigenvalue weighted by molar-refractivity contribution is 0.114. The van der Waals surface area contributed by atoms with Gasteiger partial charge in [-0.15, -0.1) is 10.2 Å². The first-order chi connectivity index (χ1) is 14.0. The van der Waals surface area contributed by atoms with Crippen molar-refractivity contribution < 1.29 is 18.0 Å². The smallest absolute Gasteiger partial charge is 0.251 e. The summed E-state index contributed by atoms with van der Waals surface area (Å²) < 4.78 is 30.2. The molecule has 1 aliphatic heterocycles. The number of aromatic nitrogens is 2. The third kappa shape index (κ3) is 4.49. The van der Waals surface area contributed by atoms with Gasteiger partial charge < -0.3 is 13.6 Å². The molecule has 3 aromatic rings. The van der Waals surface area contributed by atoms with Crippen molar-refractivity contribution in [1.29, 1.82) is 0 Å². The zero-order chi connectivity index (χ0) is 20.4. The Morgan fingerprint density at radius 3 is 2.34 bits per heavy atom. The monoisotopic (exact) mass is 400 g/mol. The Morgan fingerprint density at radius 1 is 1.00 bits per heavy atom. The summed E-state index contributed by atoms with van der Waals surface area (Å²) in [5, 5.41) is 8.34. The third-order valence-electron chi connectivity index (χ3n) is 5.18. The van der Waals surface area contributed by atoms with Gasteiger partial charge in [-0.2, -0.15) is 0 Å². The van der Waals surface area contributed by atoms with Gasteiger partial charge in [0.25, 0.3) is 5.89 Å². The van der Waals surface area contributed by atoms with Gasteiger partial charge in [-0.1, -0.05) is 6.07 Å². The average Bonchev–Trinajstić information content (AvgIpc) is 3.29. The number of hydrogen-bond donors (Lipinski definition) is 0. The van der Waals surface area contributed by atoms with Gasteiger partial charge in [0.15, 0.2) is 11.6 Å². The molecular weight excluding hydrogens is 375 g/mol. The van der Waals surface area contributed by atoms with Crippen LogP contribution >= 0.6 is 0 Å². The second-order valence-corrected chi connectivity index (χ2v) is 7.35. The van der Waals surface area contributed by atoms with E-state index in [-0.39, 0.29) is 11.6 Å². The van der Waals surface area contributed by atoms with E-state index in [1.165, 1.54) is 7.11 Å². The Hall–Kier alpha value is -2.71. The molecule has 0 atom stereocenters. The van der Waals surface area contributed by atoms with Crippen LogP contribution in [0, 0.1) is 19.7 Å². The van der Waals surface area contributed by atoms with Crippen molar-refractivity contribution in [3.05, 3.63) is 53.1 Å². The molecule has 3 heterocycles. The molecule has 1 aliphatic rings. The zero-order valence-corrected chi connectivity index (χ0v) is 16.9. The van der Waals surface area contributed by atoms with Crippen molar-refractivity contribution in [3.8, 4) is 17.2 Å². The fourth-order valence-corrected chi connectivity index (χ4v) is 3.63. The highest BCUT2D eigenvalue weighted by Crippen LogP contribution is 2.26. The summed E-state index contributed by atoms with van der Waals surface area (Å²) in [6.45, 7) is 8.70. The molecule has 154 valence electrons. The summed E-state index contributed by atoms with van der Waals surface area (Å²) in [5.74, 6) is 2.65. The number of rotatable bonds is 6. The summed E-state index contributed by atoms with van der Waals surface area (Å²) in [4.78, 5) is 4.60. The quantitative estimate of drug-likeness (QED) is 0.628. The molecule has 0 bridgehead atoms. The van der Waals surface area contributed by atoms with Gasteiger partial charge in [-0.3, -0.25) is 9.80 Å². The molecular formula is C21H25FN4O3. The van der Waals surface area contributed by atoms with Gasteiger partial charge in [-0.25, -0.2) is 4.39 Å². The molecule has 0 radical (unpaired) electrons. The maximum atomic E-state index is 13.9. The SMILES string of the molecule is COc1ccc(CN2CCN(Cc3nnc(-c4cc(C)oc4C)o3)CC2)cc1F. The Kier molecular flexibility index (Phi) is 5.64. The molecule has 0 spiro atoms. The first-order valence-corrected chi connectivity index (χ1v) is 9.68. The fraction of sp³-hybridized carbons (Fsp3) is 0.429. The van der Waals surface area contributed by atoms with Crippen molar-refractivity contribution in [2.75, 3.05) is 33.3 Å². The topological polar surface area (TPSA) is 67.8 Å². The maximum Gasteiger partial charge on any atom is 0.251 e. The van der Waals surface area contributed by atoms with E-state index in [9.17, 15) is 4.39 Å². The second-order valence-electron chi connectivity index (χ2n) is 7.35. The summed E-state index contributed by atoms with van der Waals surface area (Å²) >= 11 is 0. The molecule has 0 unspecified atom stereocenters. The van der Waals surface area contributed by atoms with Crippen LogP contribution in [0.15, 0.2) is 33.1 Å². The molecule has 7 nitrogen and oxygen atoms in total. The molecule has 0 N–H and O–H groups in total. The van der Waals surface area contributed by atoms with E-state index in [2.05, 4.69) is 20.0 Å². The summed E-state index contributed by atoms with van der Waals surface area (Å²) in [5.41, 5.74) is 1.79. The van der Waals surface area contributed by atoms with Crippen molar-refractivity contribution in [2.45, 2.75) is 26.9 Å². The van der Waals surface area contributed by atoms with Gasteiger partial charge in [-0.05, 0) is 37.6 Å². The molecule has 0 saturated carbocycles. The van der Waals surface area contributed by atoms with Gasteiger partial charge in [0.2, 0.25) is 5.89 Å². The van der Waals surface area contributed by atoms with Crippen LogP contribution in [-0.2, 0) is 13.1 Å². The van der Waals surface area contributed by atoms with E-state index in [0.29, 0.717) is 18.3 Å². The molecule has 1 saturated heterocycles. The van der Waals surface area contributed by atoms with E-state index < -0.39 is 0 Å². The van der Waals surface area contributed by atoms with Gasteiger partial charge in [0.1, 0.15) is 11.5 Å². The molecule has 29 heavy (non-hydrogen) atoms. The molecule has 1 aromatic carbocycles. The van der Waals surface area contributed by atoms with E-state index >= 15 is 0 Å². The maximum absolute atomic E-state index is 13.9. The van der Waals surface area contributed by atoms with Crippen LogP contribution in [0.3, 0.4) is 0 Å². The molecule has 8 heteroatoms. The number of hydrogen-bond acceptors (Lipinski definition) is 7. The number of furan rings is 1. The fourth-order valence-electron chi connectivity index (χ4n) is 3.63. The number of halogens is 1. The van der Waals surface area contributed by atoms with E-state index in [1.54, 1.807) is 12.1 Å². The third-order valence-corrected chi connectivity index (χ3v) is 5.18. The first-order valence-electron chi connectivity index (χ1n) is 9.68. The minimum atomic E-state index is -0.320. The summed E-state index contributed by atoms with van der Waals surface area (Å²) in [6.07, 6.45) is 0. The number of methoxy groups -OCH3 is 1. The van der Waals surface area contributed by atoms with E-state index in [0.717, 1.165) is 55.4 Å². The van der Waals surface area contributed by atoms with Gasteiger partial charge >= 0.3 is 0 Å². The molecule has 2 aromatic heterocycles. The number of piperazine rings is 1. The largest absolute Gasteiger partial charge is 0.494 e. The zero-order valence-electron chi connectivity index (χ0n) is 16.9. The Bertz CT molecular complexity index is 976. The minimum absolute atomic E-state index is 0.276. The number of ether oxygens (including phenoxy) is 1. The number of nitrogens with zero attached hydrogens (tertiary/aromatic N) is 4. The Balaban J connectivity index is 1.30.